The van der Waals surface area contributed by atoms with Gasteiger partial charge in [0.2, 0.25) is 5.91 Å². The van der Waals surface area contributed by atoms with Crippen LogP contribution in [0, 0.1) is 16.7 Å². The molecule has 2 aromatic carbocycles. The van der Waals surface area contributed by atoms with Crippen LogP contribution < -0.4 is 5.32 Å². The molecule has 0 unspecified atom stereocenters. The molecule has 2 amide bonds. The predicted octanol–water partition coefficient (Wildman–Crippen LogP) is 2.72. The molecule has 1 fully saturated rings. The van der Waals surface area contributed by atoms with Crippen molar-refractivity contribution in [2.75, 3.05) is 13.1 Å². The number of nitriles is 1. The van der Waals surface area contributed by atoms with Gasteiger partial charge in [-0.1, -0.05) is 24.3 Å². The van der Waals surface area contributed by atoms with E-state index in [0.717, 1.165) is 4.90 Å². The number of alkyl halides is 2. The molecule has 1 saturated heterocycles. The standard InChI is InChI=1S/C20H18F2N4O2/c1-12(24)17-8-20(21,22)11-26(17)18(27)10-25-19(28)16-7-3-5-14-13(9-23)4-2-6-15(14)16/h2-7,17,24H,8,10-11H2,1H3,(H,25,28)/t17-/m0/s1. The van der Waals surface area contributed by atoms with Gasteiger partial charge >= 0.3 is 0 Å². The molecule has 0 bridgehead atoms. The zero-order chi connectivity index (χ0) is 20.5. The molecule has 0 spiro atoms. The third kappa shape index (κ3) is 3.69. The molecule has 0 radical (unpaired) electrons. The summed E-state index contributed by atoms with van der Waals surface area (Å²) in [6.07, 6.45) is -0.581. The third-order valence-electron chi connectivity index (χ3n) is 4.78. The number of likely N-dealkylation sites (tertiary alicyclic amines) is 1. The van der Waals surface area contributed by atoms with Gasteiger partial charge in [0.15, 0.2) is 0 Å². The molecule has 0 aromatic heterocycles. The number of hydrogen-bond acceptors (Lipinski definition) is 4. The maximum Gasteiger partial charge on any atom is 0.267 e. The number of carbonyl (C=O) groups excluding carboxylic acids is 2. The maximum atomic E-state index is 13.7. The van der Waals surface area contributed by atoms with Crippen LogP contribution in [0.2, 0.25) is 0 Å². The van der Waals surface area contributed by atoms with Gasteiger partial charge in [0.1, 0.15) is 0 Å². The lowest BCUT2D eigenvalue weighted by atomic mass is 10.0. The smallest absolute Gasteiger partial charge is 0.267 e. The molecule has 8 heteroatoms. The Morgan fingerprint density at radius 2 is 1.96 bits per heavy atom. The van der Waals surface area contributed by atoms with Crippen LogP contribution in [0.5, 0.6) is 0 Å². The number of rotatable bonds is 4. The van der Waals surface area contributed by atoms with Gasteiger partial charge in [0.25, 0.3) is 11.8 Å². The molecule has 3 rings (SSSR count). The highest BCUT2D eigenvalue weighted by molar-refractivity contribution is 6.09. The highest BCUT2D eigenvalue weighted by atomic mass is 19.3. The second kappa shape index (κ2) is 7.35. The highest BCUT2D eigenvalue weighted by Gasteiger charge is 2.47. The normalized spacial score (nSPS) is 17.9. The molecule has 1 aliphatic heterocycles. The zero-order valence-electron chi connectivity index (χ0n) is 15.1. The number of halogens is 2. The van der Waals surface area contributed by atoms with E-state index in [1.807, 2.05) is 0 Å². The van der Waals surface area contributed by atoms with Crippen molar-refractivity contribution < 1.29 is 18.4 Å². The SMILES string of the molecule is CC(=N)[C@@H]1CC(F)(F)CN1C(=O)CNC(=O)c1cccc2c(C#N)cccc12. The average Bonchev–Trinajstić information content (AvgIpc) is 3.00. The summed E-state index contributed by atoms with van der Waals surface area (Å²) in [6, 6.07) is 11.0. The first kappa shape index (κ1) is 19.4. The van der Waals surface area contributed by atoms with Crippen LogP contribution in [0.1, 0.15) is 29.3 Å². The topological polar surface area (TPSA) is 97.1 Å². The molecule has 1 heterocycles. The van der Waals surface area contributed by atoms with Crippen LogP contribution in [0.25, 0.3) is 10.8 Å². The highest BCUT2D eigenvalue weighted by Crippen LogP contribution is 2.32. The van der Waals surface area contributed by atoms with Crippen LogP contribution in [0.4, 0.5) is 8.78 Å². The number of nitrogens with one attached hydrogen (secondary N) is 2. The monoisotopic (exact) mass is 384 g/mol. The van der Waals surface area contributed by atoms with Crippen molar-refractivity contribution in [2.45, 2.75) is 25.3 Å². The van der Waals surface area contributed by atoms with Gasteiger partial charge in [-0.05, 0) is 24.4 Å². The first-order chi connectivity index (χ1) is 13.2. The molecular weight excluding hydrogens is 366 g/mol. The van der Waals surface area contributed by atoms with E-state index in [9.17, 15) is 23.6 Å². The van der Waals surface area contributed by atoms with Crippen LogP contribution in [-0.4, -0.2) is 47.5 Å². The fourth-order valence-electron chi connectivity index (χ4n) is 3.42. The summed E-state index contributed by atoms with van der Waals surface area (Å²) in [5.74, 6) is -4.25. The second-order valence-electron chi connectivity index (χ2n) is 6.78. The zero-order valence-corrected chi connectivity index (χ0v) is 15.1. The minimum Gasteiger partial charge on any atom is -0.343 e. The van der Waals surface area contributed by atoms with E-state index >= 15 is 0 Å². The maximum absolute atomic E-state index is 13.7. The number of hydrogen-bond donors (Lipinski definition) is 2. The Balaban J connectivity index is 1.76. The molecule has 144 valence electrons. The van der Waals surface area contributed by atoms with Crippen molar-refractivity contribution in [1.82, 2.24) is 10.2 Å². The minimum atomic E-state index is -3.05. The minimum absolute atomic E-state index is 0.0186. The van der Waals surface area contributed by atoms with Gasteiger partial charge < -0.3 is 15.6 Å². The number of benzene rings is 2. The lowest BCUT2D eigenvalue weighted by Gasteiger charge is -2.23. The molecule has 6 nitrogen and oxygen atoms in total. The van der Waals surface area contributed by atoms with Crippen molar-refractivity contribution in [1.29, 1.82) is 10.7 Å². The summed E-state index contributed by atoms with van der Waals surface area (Å²) in [6.45, 7) is 0.170. The summed E-state index contributed by atoms with van der Waals surface area (Å²) < 4.78 is 27.3. The molecular formula is C20H18F2N4O2. The van der Waals surface area contributed by atoms with Crippen molar-refractivity contribution in [3.05, 3.63) is 47.5 Å². The first-order valence-corrected chi connectivity index (χ1v) is 8.66. The summed E-state index contributed by atoms with van der Waals surface area (Å²) in [5.41, 5.74) is 0.690. The van der Waals surface area contributed by atoms with Gasteiger partial charge in [-0.25, -0.2) is 8.78 Å². The van der Waals surface area contributed by atoms with E-state index in [1.54, 1.807) is 36.4 Å². The van der Waals surface area contributed by atoms with E-state index in [0.29, 0.717) is 16.3 Å². The Bertz CT molecular complexity index is 1010. The summed E-state index contributed by atoms with van der Waals surface area (Å²) in [5, 5.41) is 20.5. The lowest BCUT2D eigenvalue weighted by molar-refractivity contribution is -0.131. The van der Waals surface area contributed by atoms with E-state index in [1.165, 1.54) is 6.92 Å². The van der Waals surface area contributed by atoms with Gasteiger partial charge in [0.05, 0.1) is 30.8 Å². The fourth-order valence-corrected chi connectivity index (χ4v) is 3.42. The largest absolute Gasteiger partial charge is 0.343 e. The predicted molar refractivity (Wildman–Crippen MR) is 99.5 cm³/mol. The Morgan fingerprint density at radius 1 is 1.29 bits per heavy atom. The van der Waals surface area contributed by atoms with Gasteiger partial charge in [0, 0.05) is 23.1 Å². The van der Waals surface area contributed by atoms with E-state index in [-0.39, 0.29) is 11.3 Å². The second-order valence-corrected chi connectivity index (χ2v) is 6.78. The van der Waals surface area contributed by atoms with Crippen molar-refractivity contribution in [3.63, 3.8) is 0 Å². The summed E-state index contributed by atoms with van der Waals surface area (Å²) in [7, 11) is 0. The van der Waals surface area contributed by atoms with Crippen LogP contribution in [-0.2, 0) is 4.79 Å². The number of carbonyl (C=O) groups is 2. The van der Waals surface area contributed by atoms with Crippen molar-refractivity contribution in [2.24, 2.45) is 0 Å². The van der Waals surface area contributed by atoms with Crippen molar-refractivity contribution in [3.8, 4) is 6.07 Å². The van der Waals surface area contributed by atoms with E-state index in [2.05, 4.69) is 11.4 Å². The Morgan fingerprint density at radius 3 is 2.64 bits per heavy atom. The average molecular weight is 384 g/mol. The number of fused-ring (bicyclic) bond motifs is 1. The fraction of sp³-hybridized carbons (Fsp3) is 0.300. The molecule has 0 saturated carbocycles. The van der Waals surface area contributed by atoms with Crippen LogP contribution >= 0.6 is 0 Å². The molecule has 0 aliphatic carbocycles. The van der Waals surface area contributed by atoms with Gasteiger partial charge in [-0.3, -0.25) is 9.59 Å². The summed E-state index contributed by atoms with van der Waals surface area (Å²) in [4.78, 5) is 25.9. The van der Waals surface area contributed by atoms with E-state index < -0.39 is 43.3 Å². The number of nitrogens with zero attached hydrogens (tertiary/aromatic N) is 2. The van der Waals surface area contributed by atoms with Gasteiger partial charge in [-0.15, -0.1) is 0 Å². The molecule has 1 aliphatic rings. The quantitative estimate of drug-likeness (QED) is 0.793. The van der Waals surface area contributed by atoms with Gasteiger partial charge in [-0.2, -0.15) is 5.26 Å². The van der Waals surface area contributed by atoms with Crippen LogP contribution in [0.15, 0.2) is 36.4 Å². The first-order valence-electron chi connectivity index (χ1n) is 8.66. The number of amides is 2. The third-order valence-corrected chi connectivity index (χ3v) is 4.78. The molecule has 28 heavy (non-hydrogen) atoms. The molecule has 2 N–H and O–H groups in total. The van der Waals surface area contributed by atoms with Crippen LogP contribution in [0.3, 0.4) is 0 Å². The Kier molecular flexibility index (Phi) is 5.10. The van der Waals surface area contributed by atoms with E-state index in [4.69, 9.17) is 5.41 Å². The lowest BCUT2D eigenvalue weighted by Crippen LogP contribution is -2.45. The molecule has 2 aromatic rings. The Labute approximate surface area is 160 Å². The summed E-state index contributed by atoms with van der Waals surface area (Å²) >= 11 is 0. The molecule has 1 atom stereocenters. The van der Waals surface area contributed by atoms with Crippen molar-refractivity contribution >= 4 is 28.3 Å². The Hall–Kier alpha value is -3.34.